The molecule has 2 aromatic rings. The first-order chi connectivity index (χ1) is 14.3. The van der Waals surface area contributed by atoms with Crippen LogP contribution >= 0.6 is 0 Å². The second-order valence-corrected chi connectivity index (χ2v) is 7.81. The number of hydrogen-bond acceptors (Lipinski definition) is 5. The maximum atomic E-state index is 14.7. The molecule has 1 aromatic carbocycles. The topological polar surface area (TPSA) is 95.7 Å². The van der Waals surface area contributed by atoms with Crippen LogP contribution in [0, 0.1) is 29.3 Å². The largest absolute Gasteiger partial charge is 0.481 e. The summed E-state index contributed by atoms with van der Waals surface area (Å²) in [6.45, 7) is 1.76. The Balaban J connectivity index is 1.48. The standard InChI is InChI=1S/C20H20F3N3O4/c21-11-3-4-12(14(22)7-11)18-16(23)17(25-30-18)19(27)24-15-5-6-26(8-10-1-2-10)9-13(15)20(28)29/h3-4,7,10,13,15H,1-2,5-6,8-9H2,(H,24,27)(H,28,29)/t13-,15-/m1/s1. The van der Waals surface area contributed by atoms with Gasteiger partial charge in [-0.25, -0.2) is 8.78 Å². The number of carboxylic acid groups (broad SMARTS) is 1. The van der Waals surface area contributed by atoms with Gasteiger partial charge in [0, 0.05) is 31.7 Å². The molecule has 1 amide bonds. The lowest BCUT2D eigenvalue weighted by Crippen LogP contribution is -2.54. The van der Waals surface area contributed by atoms with E-state index in [9.17, 15) is 27.9 Å². The van der Waals surface area contributed by atoms with Crippen molar-refractivity contribution < 1.29 is 32.4 Å². The first-order valence-corrected chi connectivity index (χ1v) is 9.70. The van der Waals surface area contributed by atoms with E-state index < -0.39 is 52.7 Å². The van der Waals surface area contributed by atoms with Crippen molar-refractivity contribution in [3.8, 4) is 11.3 Å². The molecule has 1 aliphatic heterocycles. The number of piperidine rings is 1. The van der Waals surface area contributed by atoms with E-state index in [2.05, 4.69) is 15.4 Å². The molecule has 2 aliphatic rings. The summed E-state index contributed by atoms with van der Waals surface area (Å²) >= 11 is 0. The van der Waals surface area contributed by atoms with Gasteiger partial charge in [0.2, 0.25) is 17.3 Å². The molecule has 0 bridgehead atoms. The average molecular weight is 423 g/mol. The Labute approximate surface area is 169 Å². The number of benzene rings is 1. The number of likely N-dealkylation sites (tertiary alicyclic amines) is 1. The van der Waals surface area contributed by atoms with Gasteiger partial charge in [0.15, 0.2) is 0 Å². The summed E-state index contributed by atoms with van der Waals surface area (Å²) in [6.07, 6.45) is 2.70. The summed E-state index contributed by atoms with van der Waals surface area (Å²) in [6, 6.07) is 1.76. The zero-order valence-corrected chi connectivity index (χ0v) is 15.9. The number of carbonyl (C=O) groups is 2. The molecule has 4 rings (SSSR count). The summed E-state index contributed by atoms with van der Waals surface area (Å²) in [5.41, 5.74) is -1.09. The summed E-state index contributed by atoms with van der Waals surface area (Å²) in [5.74, 6) is -5.96. The molecule has 1 saturated carbocycles. The first kappa shape index (κ1) is 20.4. The van der Waals surface area contributed by atoms with Gasteiger partial charge >= 0.3 is 5.97 Å². The van der Waals surface area contributed by atoms with Crippen LogP contribution in [0.5, 0.6) is 0 Å². The summed E-state index contributed by atoms with van der Waals surface area (Å²) in [4.78, 5) is 26.3. The number of aromatic nitrogens is 1. The summed E-state index contributed by atoms with van der Waals surface area (Å²) < 4.78 is 46.4. The molecule has 2 fully saturated rings. The lowest BCUT2D eigenvalue weighted by atomic mass is 9.91. The molecule has 0 spiro atoms. The molecular weight excluding hydrogens is 403 g/mol. The van der Waals surface area contributed by atoms with Gasteiger partial charge in [0.05, 0.1) is 11.5 Å². The average Bonchev–Trinajstić information content (AvgIpc) is 3.43. The number of amides is 1. The molecule has 2 atom stereocenters. The van der Waals surface area contributed by atoms with E-state index in [1.54, 1.807) is 0 Å². The molecule has 7 nitrogen and oxygen atoms in total. The highest BCUT2D eigenvalue weighted by Crippen LogP contribution is 2.32. The predicted molar refractivity (Wildman–Crippen MR) is 98.0 cm³/mol. The zero-order chi connectivity index (χ0) is 21.4. The van der Waals surface area contributed by atoms with Crippen molar-refractivity contribution in [2.24, 2.45) is 11.8 Å². The summed E-state index contributed by atoms with van der Waals surface area (Å²) in [5, 5.41) is 15.5. The van der Waals surface area contributed by atoms with Gasteiger partial charge in [-0.2, -0.15) is 4.39 Å². The van der Waals surface area contributed by atoms with Crippen molar-refractivity contribution in [3.63, 3.8) is 0 Å². The van der Waals surface area contributed by atoms with Crippen LogP contribution in [0.2, 0.25) is 0 Å². The molecule has 1 aromatic heterocycles. The first-order valence-electron chi connectivity index (χ1n) is 9.70. The Morgan fingerprint density at radius 3 is 2.67 bits per heavy atom. The van der Waals surface area contributed by atoms with Crippen LogP contribution in [0.4, 0.5) is 13.2 Å². The Bertz CT molecular complexity index is 976. The van der Waals surface area contributed by atoms with E-state index in [-0.39, 0.29) is 5.56 Å². The highest BCUT2D eigenvalue weighted by Gasteiger charge is 2.38. The van der Waals surface area contributed by atoms with Crippen molar-refractivity contribution in [1.29, 1.82) is 0 Å². The fourth-order valence-electron chi connectivity index (χ4n) is 3.77. The second-order valence-electron chi connectivity index (χ2n) is 7.81. The number of nitrogens with one attached hydrogen (secondary N) is 1. The Morgan fingerprint density at radius 1 is 1.23 bits per heavy atom. The number of halogens is 3. The maximum absolute atomic E-state index is 14.7. The van der Waals surface area contributed by atoms with Gasteiger partial charge < -0.3 is 19.8 Å². The SMILES string of the molecule is O=C(N[C@@H]1CCN(CC2CC2)C[C@H]1C(=O)O)c1noc(-c2ccc(F)cc2F)c1F. The third-order valence-electron chi connectivity index (χ3n) is 5.57. The van der Waals surface area contributed by atoms with E-state index in [0.717, 1.165) is 31.5 Å². The lowest BCUT2D eigenvalue weighted by Gasteiger charge is -2.36. The van der Waals surface area contributed by atoms with Crippen LogP contribution in [0.1, 0.15) is 29.8 Å². The summed E-state index contributed by atoms with van der Waals surface area (Å²) in [7, 11) is 0. The minimum absolute atomic E-state index is 0.296. The quantitative estimate of drug-likeness (QED) is 0.742. The fraction of sp³-hybridized carbons (Fsp3) is 0.450. The van der Waals surface area contributed by atoms with Crippen LogP contribution in [0.25, 0.3) is 11.3 Å². The Hall–Kier alpha value is -2.88. The Kier molecular flexibility index (Phi) is 5.50. The molecule has 0 radical (unpaired) electrons. The van der Waals surface area contributed by atoms with E-state index in [1.165, 1.54) is 0 Å². The molecule has 2 N–H and O–H groups in total. The van der Waals surface area contributed by atoms with Crippen molar-refractivity contribution in [1.82, 2.24) is 15.4 Å². The normalized spacial score (nSPS) is 22.1. The smallest absolute Gasteiger partial charge is 0.309 e. The van der Waals surface area contributed by atoms with Crippen molar-refractivity contribution in [2.45, 2.75) is 25.3 Å². The fourth-order valence-corrected chi connectivity index (χ4v) is 3.77. The van der Waals surface area contributed by atoms with Crippen LogP contribution in [0.3, 0.4) is 0 Å². The Morgan fingerprint density at radius 2 is 2.00 bits per heavy atom. The molecular formula is C20H20F3N3O4. The number of nitrogens with zero attached hydrogens (tertiary/aromatic N) is 2. The number of rotatable bonds is 6. The third kappa shape index (κ3) is 4.18. The van der Waals surface area contributed by atoms with Gasteiger partial charge in [0.1, 0.15) is 11.6 Å². The minimum Gasteiger partial charge on any atom is -0.481 e. The third-order valence-corrected chi connectivity index (χ3v) is 5.57. The number of carboxylic acids is 1. The zero-order valence-electron chi connectivity index (χ0n) is 15.9. The van der Waals surface area contributed by atoms with E-state index in [0.29, 0.717) is 31.5 Å². The van der Waals surface area contributed by atoms with Crippen LogP contribution in [-0.2, 0) is 4.79 Å². The van der Waals surface area contributed by atoms with Crippen molar-refractivity contribution in [3.05, 3.63) is 41.3 Å². The number of hydrogen-bond donors (Lipinski definition) is 2. The van der Waals surface area contributed by atoms with Crippen molar-refractivity contribution in [2.75, 3.05) is 19.6 Å². The molecule has 1 aliphatic carbocycles. The molecule has 2 heterocycles. The van der Waals surface area contributed by atoms with Gasteiger partial charge in [-0.15, -0.1) is 0 Å². The van der Waals surface area contributed by atoms with Crippen molar-refractivity contribution >= 4 is 11.9 Å². The number of carbonyl (C=O) groups excluding carboxylic acids is 1. The van der Waals surface area contributed by atoms with Gasteiger partial charge in [-0.1, -0.05) is 5.16 Å². The monoisotopic (exact) mass is 423 g/mol. The van der Waals surface area contributed by atoms with E-state index in [4.69, 9.17) is 4.52 Å². The van der Waals surface area contributed by atoms with Crippen LogP contribution < -0.4 is 5.32 Å². The predicted octanol–water partition coefficient (Wildman–Crippen LogP) is 2.67. The molecule has 1 saturated heterocycles. The van der Waals surface area contributed by atoms with Gasteiger partial charge in [-0.05, 0) is 37.3 Å². The van der Waals surface area contributed by atoms with Gasteiger partial charge in [0.25, 0.3) is 5.91 Å². The van der Waals surface area contributed by atoms with Gasteiger partial charge in [-0.3, -0.25) is 9.59 Å². The van der Waals surface area contributed by atoms with Crippen LogP contribution in [-0.4, -0.2) is 52.7 Å². The molecule has 0 unspecified atom stereocenters. The highest BCUT2D eigenvalue weighted by atomic mass is 19.1. The molecule has 30 heavy (non-hydrogen) atoms. The minimum atomic E-state index is -1.20. The van der Waals surface area contributed by atoms with E-state index >= 15 is 0 Å². The second kappa shape index (κ2) is 8.10. The van der Waals surface area contributed by atoms with Crippen LogP contribution in [0.15, 0.2) is 22.7 Å². The molecule has 10 heteroatoms. The molecule has 160 valence electrons. The highest BCUT2D eigenvalue weighted by molar-refractivity contribution is 5.94. The number of aliphatic carboxylic acids is 1. The lowest BCUT2D eigenvalue weighted by molar-refractivity contribution is -0.144. The van der Waals surface area contributed by atoms with E-state index in [1.807, 2.05) is 0 Å². The maximum Gasteiger partial charge on any atom is 0.309 e.